The highest BCUT2D eigenvalue weighted by atomic mass is 35.5. The van der Waals surface area contributed by atoms with Crippen molar-refractivity contribution in [3.8, 4) is 0 Å². The Morgan fingerprint density at radius 1 is 1.59 bits per heavy atom. The van der Waals surface area contributed by atoms with Crippen molar-refractivity contribution in [1.29, 1.82) is 0 Å². The van der Waals surface area contributed by atoms with E-state index in [0.29, 0.717) is 0 Å². The SMILES string of the molecule is N/C(CCNC(=O)c1cccc(Cl)c1F)=N/O. The summed E-state index contributed by atoms with van der Waals surface area (Å²) in [7, 11) is 0. The van der Waals surface area contributed by atoms with Crippen molar-refractivity contribution in [2.75, 3.05) is 6.54 Å². The second-order valence-electron chi connectivity index (χ2n) is 3.20. The van der Waals surface area contributed by atoms with Crippen molar-refractivity contribution in [3.05, 3.63) is 34.6 Å². The fourth-order valence-electron chi connectivity index (χ4n) is 1.13. The van der Waals surface area contributed by atoms with E-state index in [0.717, 1.165) is 0 Å². The van der Waals surface area contributed by atoms with Gasteiger partial charge in [0.15, 0.2) is 5.82 Å². The van der Waals surface area contributed by atoms with Gasteiger partial charge in [0.25, 0.3) is 5.91 Å². The van der Waals surface area contributed by atoms with Crippen LogP contribution < -0.4 is 11.1 Å². The normalized spacial score (nSPS) is 11.3. The summed E-state index contributed by atoms with van der Waals surface area (Å²) in [6.07, 6.45) is 0.171. The zero-order valence-corrected chi connectivity index (χ0v) is 9.54. The van der Waals surface area contributed by atoms with E-state index in [1.165, 1.54) is 18.2 Å². The maximum Gasteiger partial charge on any atom is 0.254 e. The van der Waals surface area contributed by atoms with Gasteiger partial charge in [-0.1, -0.05) is 22.8 Å². The number of amides is 1. The summed E-state index contributed by atoms with van der Waals surface area (Å²) in [6, 6.07) is 4.15. The average molecular weight is 260 g/mol. The molecule has 1 aromatic rings. The second kappa shape index (κ2) is 6.05. The van der Waals surface area contributed by atoms with Crippen molar-refractivity contribution in [2.24, 2.45) is 10.9 Å². The summed E-state index contributed by atoms with van der Waals surface area (Å²) in [6.45, 7) is 0.140. The monoisotopic (exact) mass is 259 g/mol. The van der Waals surface area contributed by atoms with Crippen molar-refractivity contribution in [2.45, 2.75) is 6.42 Å². The molecule has 1 amide bonds. The maximum atomic E-state index is 13.4. The summed E-state index contributed by atoms with van der Waals surface area (Å²) < 4.78 is 13.4. The molecule has 7 heteroatoms. The summed E-state index contributed by atoms with van der Waals surface area (Å²) in [5.74, 6) is -1.39. The molecule has 0 radical (unpaired) electrons. The predicted octanol–water partition coefficient (Wildman–Crippen LogP) is 1.35. The molecule has 0 fully saturated rings. The Morgan fingerprint density at radius 3 is 2.94 bits per heavy atom. The lowest BCUT2D eigenvalue weighted by Crippen LogP contribution is -2.28. The second-order valence-corrected chi connectivity index (χ2v) is 3.61. The lowest BCUT2D eigenvalue weighted by Gasteiger charge is -2.06. The number of nitrogens with zero attached hydrogens (tertiary/aromatic N) is 1. The molecule has 0 aliphatic rings. The molecule has 0 saturated heterocycles. The van der Waals surface area contributed by atoms with Gasteiger partial charge in [-0.3, -0.25) is 4.79 Å². The van der Waals surface area contributed by atoms with Gasteiger partial charge < -0.3 is 16.3 Å². The molecule has 1 rings (SSSR count). The van der Waals surface area contributed by atoms with E-state index in [1.54, 1.807) is 0 Å². The Hall–Kier alpha value is -1.82. The van der Waals surface area contributed by atoms with Crippen molar-refractivity contribution in [1.82, 2.24) is 5.32 Å². The summed E-state index contributed by atoms with van der Waals surface area (Å²) in [4.78, 5) is 11.5. The van der Waals surface area contributed by atoms with Crippen LogP contribution in [0.2, 0.25) is 5.02 Å². The fraction of sp³-hybridized carbons (Fsp3) is 0.200. The zero-order chi connectivity index (χ0) is 12.8. The van der Waals surface area contributed by atoms with Crippen molar-refractivity contribution >= 4 is 23.3 Å². The van der Waals surface area contributed by atoms with Gasteiger partial charge in [0, 0.05) is 13.0 Å². The Bertz CT molecular complexity index is 451. The van der Waals surface area contributed by atoms with Crippen LogP contribution in [-0.2, 0) is 0 Å². The summed E-state index contributed by atoms with van der Waals surface area (Å²) in [5.41, 5.74) is 5.06. The van der Waals surface area contributed by atoms with Crippen molar-refractivity contribution in [3.63, 3.8) is 0 Å². The maximum absolute atomic E-state index is 13.4. The van der Waals surface area contributed by atoms with Crippen LogP contribution in [0, 0.1) is 5.82 Å². The van der Waals surface area contributed by atoms with Gasteiger partial charge in [0.2, 0.25) is 0 Å². The van der Waals surface area contributed by atoms with Crippen LogP contribution in [0.15, 0.2) is 23.4 Å². The highest BCUT2D eigenvalue weighted by Gasteiger charge is 2.13. The van der Waals surface area contributed by atoms with Crippen LogP contribution in [0.5, 0.6) is 0 Å². The first kappa shape index (κ1) is 13.2. The molecule has 0 atom stereocenters. The first-order chi connectivity index (χ1) is 8.06. The van der Waals surface area contributed by atoms with Gasteiger partial charge in [0.05, 0.1) is 10.6 Å². The molecule has 17 heavy (non-hydrogen) atoms. The third-order valence-electron chi connectivity index (χ3n) is 1.99. The van der Waals surface area contributed by atoms with Crippen LogP contribution in [0.25, 0.3) is 0 Å². The highest BCUT2D eigenvalue weighted by Crippen LogP contribution is 2.17. The molecule has 0 saturated carbocycles. The topological polar surface area (TPSA) is 87.7 Å². The Kier molecular flexibility index (Phi) is 4.71. The number of rotatable bonds is 4. The average Bonchev–Trinajstić information content (AvgIpc) is 2.32. The van der Waals surface area contributed by atoms with Crippen LogP contribution in [-0.4, -0.2) is 23.5 Å². The first-order valence-electron chi connectivity index (χ1n) is 4.75. The highest BCUT2D eigenvalue weighted by molar-refractivity contribution is 6.31. The van der Waals surface area contributed by atoms with Gasteiger partial charge in [-0.2, -0.15) is 0 Å². The number of halogens is 2. The predicted molar refractivity (Wildman–Crippen MR) is 61.8 cm³/mol. The number of nitrogens with one attached hydrogen (secondary N) is 1. The molecule has 92 valence electrons. The number of carbonyl (C=O) groups is 1. The Labute approximate surface area is 102 Å². The number of nitrogens with two attached hydrogens (primary N) is 1. The van der Waals surface area contributed by atoms with Crippen LogP contribution in [0.1, 0.15) is 16.8 Å². The Balaban J connectivity index is 2.62. The third-order valence-corrected chi connectivity index (χ3v) is 2.28. The third kappa shape index (κ3) is 3.60. The first-order valence-corrected chi connectivity index (χ1v) is 5.12. The molecular formula is C10H11ClFN3O2. The molecule has 0 aliphatic heterocycles. The van der Waals surface area contributed by atoms with E-state index in [4.69, 9.17) is 22.5 Å². The van der Waals surface area contributed by atoms with Gasteiger partial charge in [-0.05, 0) is 12.1 Å². The molecule has 0 bridgehead atoms. The van der Waals surface area contributed by atoms with Gasteiger partial charge in [-0.15, -0.1) is 0 Å². The number of benzene rings is 1. The van der Waals surface area contributed by atoms with Crippen LogP contribution in [0.3, 0.4) is 0 Å². The minimum Gasteiger partial charge on any atom is -0.409 e. The molecule has 4 N–H and O–H groups in total. The number of hydrogen-bond acceptors (Lipinski definition) is 3. The molecule has 0 aliphatic carbocycles. The zero-order valence-electron chi connectivity index (χ0n) is 8.78. The smallest absolute Gasteiger partial charge is 0.254 e. The molecule has 1 aromatic carbocycles. The van der Waals surface area contributed by atoms with Crippen LogP contribution >= 0.6 is 11.6 Å². The van der Waals surface area contributed by atoms with E-state index in [2.05, 4.69) is 10.5 Å². The molecule has 0 unspecified atom stereocenters. The number of carbonyl (C=O) groups excluding carboxylic acids is 1. The van der Waals surface area contributed by atoms with Gasteiger partial charge >= 0.3 is 0 Å². The number of amidine groups is 1. The minimum atomic E-state index is -0.768. The summed E-state index contributed by atoms with van der Waals surface area (Å²) in [5, 5.41) is 13.3. The van der Waals surface area contributed by atoms with Crippen LogP contribution in [0.4, 0.5) is 4.39 Å². The summed E-state index contributed by atoms with van der Waals surface area (Å²) >= 11 is 5.54. The van der Waals surface area contributed by atoms with E-state index in [1.807, 2.05) is 0 Å². The van der Waals surface area contributed by atoms with Gasteiger partial charge in [-0.25, -0.2) is 4.39 Å². The Morgan fingerprint density at radius 2 is 2.29 bits per heavy atom. The molecule has 0 spiro atoms. The van der Waals surface area contributed by atoms with E-state index >= 15 is 0 Å². The number of hydrogen-bond donors (Lipinski definition) is 3. The lowest BCUT2D eigenvalue weighted by molar-refractivity contribution is 0.0950. The van der Waals surface area contributed by atoms with E-state index < -0.39 is 11.7 Å². The quantitative estimate of drug-likeness (QED) is 0.330. The lowest BCUT2D eigenvalue weighted by atomic mass is 10.2. The van der Waals surface area contributed by atoms with Crippen molar-refractivity contribution < 1.29 is 14.4 Å². The molecule has 5 nitrogen and oxygen atoms in total. The molecule has 0 aromatic heterocycles. The largest absolute Gasteiger partial charge is 0.409 e. The standard InChI is InChI=1S/C10H11ClFN3O2/c11-7-3-1-2-6(9(7)12)10(16)14-5-4-8(13)15-17/h1-3,17H,4-5H2,(H2,13,15)(H,14,16). The van der Waals surface area contributed by atoms with Gasteiger partial charge in [0.1, 0.15) is 5.84 Å². The van der Waals surface area contributed by atoms with E-state index in [9.17, 15) is 9.18 Å². The molecular weight excluding hydrogens is 249 g/mol. The number of oxime groups is 1. The van der Waals surface area contributed by atoms with E-state index in [-0.39, 0.29) is 29.4 Å². The molecule has 0 heterocycles. The minimum absolute atomic E-state index is 0.0168. The fourth-order valence-corrected chi connectivity index (χ4v) is 1.30.